The molecule has 0 aliphatic rings. The van der Waals surface area contributed by atoms with E-state index in [1.165, 1.54) is 0 Å². The van der Waals surface area contributed by atoms with Gasteiger partial charge in [0.15, 0.2) is 0 Å². The second-order valence-electron chi connectivity index (χ2n) is 3.30. The zero-order chi connectivity index (χ0) is 13.1. The van der Waals surface area contributed by atoms with Gasteiger partial charge in [-0.2, -0.15) is 5.26 Å². The van der Waals surface area contributed by atoms with Crippen molar-refractivity contribution >= 4 is 5.97 Å². The first-order valence-corrected chi connectivity index (χ1v) is 5.43. The van der Waals surface area contributed by atoms with E-state index in [1.807, 2.05) is 6.92 Å². The molecule has 0 aromatic heterocycles. The molecule has 0 fully saturated rings. The topological polar surface area (TPSA) is 59.3 Å². The molecule has 92 valence electrons. The van der Waals surface area contributed by atoms with Crippen molar-refractivity contribution in [2.45, 2.75) is 26.2 Å². The smallest absolute Gasteiger partial charge is 0.353 e. The van der Waals surface area contributed by atoms with Crippen molar-refractivity contribution in [1.82, 2.24) is 0 Å². The molecule has 4 nitrogen and oxygen atoms in total. The number of nitrogens with zero attached hydrogens (tertiary/aromatic N) is 1. The van der Waals surface area contributed by atoms with Crippen LogP contribution in [-0.2, 0) is 14.3 Å². The summed E-state index contributed by atoms with van der Waals surface area (Å²) >= 11 is 0. The molecular formula is C13H17NO3. The van der Waals surface area contributed by atoms with Crippen LogP contribution in [0.1, 0.15) is 26.2 Å². The maximum Gasteiger partial charge on any atom is 0.353 e. The van der Waals surface area contributed by atoms with E-state index < -0.39 is 5.97 Å². The summed E-state index contributed by atoms with van der Waals surface area (Å²) in [5.41, 5.74) is 2.28. The Hall–Kier alpha value is -1.82. The van der Waals surface area contributed by atoms with Crippen molar-refractivity contribution in [2.24, 2.45) is 0 Å². The van der Waals surface area contributed by atoms with Crippen molar-refractivity contribution in [2.75, 3.05) is 13.2 Å². The van der Waals surface area contributed by atoms with Gasteiger partial charge in [-0.3, -0.25) is 0 Å². The number of carbonyl (C=O) groups excluding carboxylic acids is 1. The summed E-state index contributed by atoms with van der Waals surface area (Å²) in [6.45, 7) is 10.0. The number of nitriles is 1. The summed E-state index contributed by atoms with van der Waals surface area (Å²) < 4.78 is 10.2. The Bertz CT molecular complexity index is 359. The molecule has 4 heteroatoms. The van der Waals surface area contributed by atoms with E-state index in [0.717, 1.165) is 13.0 Å². The number of hydrogen-bond acceptors (Lipinski definition) is 4. The zero-order valence-corrected chi connectivity index (χ0v) is 10.1. The van der Waals surface area contributed by atoms with E-state index in [0.29, 0.717) is 25.2 Å². The molecule has 0 heterocycles. The molecule has 0 spiro atoms. The highest BCUT2D eigenvalue weighted by Crippen LogP contribution is 2.08. The molecule has 0 unspecified atom stereocenters. The van der Waals surface area contributed by atoms with Gasteiger partial charge >= 0.3 is 5.97 Å². The Morgan fingerprint density at radius 3 is 2.65 bits per heavy atom. The summed E-state index contributed by atoms with van der Waals surface area (Å²) in [6, 6.07) is 1.62. The van der Waals surface area contributed by atoms with Gasteiger partial charge in [0.2, 0.25) is 0 Å². The molecule has 0 aromatic carbocycles. The van der Waals surface area contributed by atoms with Crippen LogP contribution in [0.25, 0.3) is 0 Å². The first-order valence-electron chi connectivity index (χ1n) is 5.43. The predicted molar refractivity (Wildman–Crippen MR) is 63.8 cm³/mol. The fourth-order valence-electron chi connectivity index (χ4n) is 0.976. The average molecular weight is 235 g/mol. The minimum absolute atomic E-state index is 0.236. The van der Waals surface area contributed by atoms with E-state index in [9.17, 15) is 4.79 Å². The highest BCUT2D eigenvalue weighted by Gasteiger charge is 2.10. The largest absolute Gasteiger partial charge is 0.418 e. The monoisotopic (exact) mass is 235 g/mol. The lowest BCUT2D eigenvalue weighted by atomic mass is 10.3. The molecule has 0 radical (unpaired) electrons. The molecule has 0 N–H and O–H groups in total. The summed E-state index contributed by atoms with van der Waals surface area (Å²) in [5, 5.41) is 8.45. The summed E-state index contributed by atoms with van der Waals surface area (Å²) in [5.74, 6) is -0.445. The molecule has 0 aromatic rings. The van der Waals surface area contributed by atoms with Gasteiger partial charge in [-0.05, 0) is 12.8 Å². The number of rotatable bonds is 8. The highest BCUT2D eigenvalue weighted by molar-refractivity contribution is 5.92. The Balaban J connectivity index is 3.95. The Labute approximate surface area is 102 Å². The number of hydrogen-bond donors (Lipinski definition) is 0. The fourth-order valence-corrected chi connectivity index (χ4v) is 0.976. The molecule has 0 amide bonds. The van der Waals surface area contributed by atoms with Gasteiger partial charge in [-0.15, -0.1) is 0 Å². The number of ether oxygens (including phenoxy) is 2. The normalized spacial score (nSPS) is 8.94. The average Bonchev–Trinajstić information content (AvgIpc) is 2.35. The number of esters is 1. The lowest BCUT2D eigenvalue weighted by Gasteiger charge is -2.06. The number of carbonyl (C=O) groups is 1. The van der Waals surface area contributed by atoms with E-state index in [1.54, 1.807) is 6.07 Å². The maximum atomic E-state index is 11.2. The Kier molecular flexibility index (Phi) is 8.40. The molecule has 0 saturated carbocycles. The van der Waals surface area contributed by atoms with Gasteiger partial charge in [0.1, 0.15) is 17.4 Å². The minimum Gasteiger partial charge on any atom is -0.418 e. The SMILES string of the molecule is C=C=C(CCCOCCC)OC(=O)C(=C)C#N. The van der Waals surface area contributed by atoms with Crippen LogP contribution < -0.4 is 0 Å². The molecule has 0 aliphatic heterocycles. The Morgan fingerprint density at radius 2 is 2.12 bits per heavy atom. The van der Waals surface area contributed by atoms with Crippen LogP contribution >= 0.6 is 0 Å². The molecule has 0 bridgehead atoms. The van der Waals surface area contributed by atoms with Crippen molar-refractivity contribution in [3.8, 4) is 6.07 Å². The van der Waals surface area contributed by atoms with Crippen LogP contribution in [-0.4, -0.2) is 19.2 Å². The summed E-state index contributed by atoms with van der Waals surface area (Å²) in [7, 11) is 0. The van der Waals surface area contributed by atoms with Gasteiger partial charge < -0.3 is 9.47 Å². The second kappa shape index (κ2) is 9.41. The van der Waals surface area contributed by atoms with Crippen molar-refractivity contribution in [1.29, 1.82) is 5.26 Å². The predicted octanol–water partition coefficient (Wildman–Crippen LogP) is 2.48. The third kappa shape index (κ3) is 7.13. The minimum atomic E-state index is -0.756. The van der Waals surface area contributed by atoms with Gasteiger partial charge in [-0.25, -0.2) is 4.79 Å². The molecule has 17 heavy (non-hydrogen) atoms. The third-order valence-electron chi connectivity index (χ3n) is 1.84. The van der Waals surface area contributed by atoms with Gasteiger partial charge in [0.25, 0.3) is 0 Å². The van der Waals surface area contributed by atoms with Gasteiger partial charge in [0, 0.05) is 19.6 Å². The van der Waals surface area contributed by atoms with Gasteiger partial charge in [-0.1, -0.05) is 25.8 Å². The molecular weight excluding hydrogens is 218 g/mol. The van der Waals surface area contributed by atoms with Crippen molar-refractivity contribution in [3.63, 3.8) is 0 Å². The molecule has 0 rings (SSSR count). The Morgan fingerprint density at radius 1 is 1.41 bits per heavy atom. The second-order valence-corrected chi connectivity index (χ2v) is 3.30. The first kappa shape index (κ1) is 15.2. The van der Waals surface area contributed by atoms with E-state index in [-0.39, 0.29) is 5.57 Å². The fraction of sp³-hybridized carbons (Fsp3) is 0.462. The van der Waals surface area contributed by atoms with E-state index >= 15 is 0 Å². The van der Waals surface area contributed by atoms with Crippen LogP contribution in [0.15, 0.2) is 30.2 Å². The summed E-state index contributed by atoms with van der Waals surface area (Å²) in [6.07, 6.45) is 2.18. The van der Waals surface area contributed by atoms with Crippen LogP contribution in [0.4, 0.5) is 0 Å². The molecule has 0 aliphatic carbocycles. The van der Waals surface area contributed by atoms with Crippen LogP contribution in [0.5, 0.6) is 0 Å². The van der Waals surface area contributed by atoms with Gasteiger partial charge in [0.05, 0.1) is 0 Å². The van der Waals surface area contributed by atoms with E-state index in [4.69, 9.17) is 14.7 Å². The lowest BCUT2D eigenvalue weighted by Crippen LogP contribution is -2.06. The number of allylic oxidation sites excluding steroid dienone is 1. The lowest BCUT2D eigenvalue weighted by molar-refractivity contribution is -0.134. The third-order valence-corrected chi connectivity index (χ3v) is 1.84. The van der Waals surface area contributed by atoms with Crippen molar-refractivity contribution < 1.29 is 14.3 Å². The van der Waals surface area contributed by atoms with Crippen LogP contribution in [0.2, 0.25) is 0 Å². The first-order chi connectivity index (χ1) is 8.15. The quantitative estimate of drug-likeness (QED) is 0.162. The summed E-state index contributed by atoms with van der Waals surface area (Å²) in [4.78, 5) is 11.2. The highest BCUT2D eigenvalue weighted by atomic mass is 16.5. The molecule has 0 saturated heterocycles. The van der Waals surface area contributed by atoms with E-state index in [2.05, 4.69) is 18.9 Å². The van der Waals surface area contributed by atoms with Crippen LogP contribution in [0, 0.1) is 11.3 Å². The standard InChI is InChI=1S/C13H17NO3/c1-4-8-16-9-6-7-12(5-2)17-13(15)11(3)10-14/h2-4,6-9H2,1H3. The van der Waals surface area contributed by atoms with Crippen molar-refractivity contribution in [3.05, 3.63) is 30.2 Å². The van der Waals surface area contributed by atoms with Crippen LogP contribution in [0.3, 0.4) is 0 Å². The zero-order valence-electron chi connectivity index (χ0n) is 10.1. The maximum absolute atomic E-state index is 11.2. The molecule has 0 atom stereocenters.